The Balaban J connectivity index is 1.60. The summed E-state index contributed by atoms with van der Waals surface area (Å²) in [5.74, 6) is 0.420. The molecule has 1 aliphatic rings. The summed E-state index contributed by atoms with van der Waals surface area (Å²) in [5, 5.41) is 14.3. The van der Waals surface area contributed by atoms with E-state index in [-0.39, 0.29) is 34.2 Å². The fourth-order valence-corrected chi connectivity index (χ4v) is 5.60. The fourth-order valence-electron chi connectivity index (χ4n) is 4.57. The lowest BCUT2D eigenvalue weighted by molar-refractivity contribution is 0.487. The maximum atomic E-state index is 13.7. The van der Waals surface area contributed by atoms with Gasteiger partial charge in [0.1, 0.15) is 5.52 Å². The topological polar surface area (TPSA) is 139 Å². The van der Waals surface area contributed by atoms with E-state index in [9.17, 15) is 18.5 Å². The molecule has 190 valence electrons. The first-order valence-corrected chi connectivity index (χ1v) is 13.4. The molecule has 4 aromatic rings. The highest BCUT2D eigenvalue weighted by atomic mass is 32.2. The molecule has 0 unspecified atom stereocenters. The molecular weight excluding hydrogens is 490 g/mol. The second-order valence-electron chi connectivity index (χ2n) is 9.29. The summed E-state index contributed by atoms with van der Waals surface area (Å²) >= 11 is 0. The molecule has 10 nitrogen and oxygen atoms in total. The molecule has 37 heavy (non-hydrogen) atoms. The number of nitrogens with zero attached hydrogens (tertiary/aromatic N) is 5. The number of hydrogen-bond donors (Lipinski definition) is 2. The van der Waals surface area contributed by atoms with E-state index in [0.717, 1.165) is 18.4 Å². The predicted molar refractivity (Wildman–Crippen MR) is 141 cm³/mol. The summed E-state index contributed by atoms with van der Waals surface area (Å²) in [6, 6.07) is 17.2. The molecule has 1 aliphatic heterocycles. The molecule has 0 spiro atoms. The van der Waals surface area contributed by atoms with Gasteiger partial charge in [0.2, 0.25) is 5.95 Å². The van der Waals surface area contributed by atoms with Crippen LogP contribution in [0.25, 0.3) is 5.52 Å². The number of aryl methyl sites for hydroxylation is 1. The van der Waals surface area contributed by atoms with Crippen LogP contribution < -0.4 is 20.9 Å². The molecule has 0 aliphatic carbocycles. The minimum Gasteiger partial charge on any atom is -0.339 e. The SMILES string of the molecule is Cc1ccc(S(=O)(=O)Nc2cc3c(=O)n(Cc4ccccc4C#N)c(N4CCC[C@@H](N)C4)nn3c2)cc1. The normalized spacial score (nSPS) is 16.0. The number of fused-ring (bicyclic) bond motifs is 1. The van der Waals surface area contributed by atoms with Gasteiger partial charge in [0.25, 0.3) is 15.6 Å². The Morgan fingerprint density at radius 3 is 2.68 bits per heavy atom. The highest BCUT2D eigenvalue weighted by Crippen LogP contribution is 2.22. The predicted octanol–water partition coefficient (Wildman–Crippen LogP) is 2.45. The van der Waals surface area contributed by atoms with Crippen LogP contribution in [-0.2, 0) is 16.6 Å². The first-order chi connectivity index (χ1) is 17.7. The van der Waals surface area contributed by atoms with Gasteiger partial charge < -0.3 is 10.6 Å². The summed E-state index contributed by atoms with van der Waals surface area (Å²) in [4.78, 5) is 15.8. The molecular formula is C26H27N7O3S. The average molecular weight is 518 g/mol. The Bertz CT molecular complexity index is 1670. The van der Waals surface area contributed by atoms with Gasteiger partial charge in [-0.2, -0.15) is 5.26 Å². The molecule has 5 rings (SSSR count). The van der Waals surface area contributed by atoms with Gasteiger partial charge in [0, 0.05) is 19.1 Å². The van der Waals surface area contributed by atoms with Crippen LogP contribution in [0.1, 0.15) is 29.5 Å². The zero-order valence-corrected chi connectivity index (χ0v) is 21.1. The Morgan fingerprint density at radius 2 is 1.95 bits per heavy atom. The Morgan fingerprint density at radius 1 is 1.19 bits per heavy atom. The smallest absolute Gasteiger partial charge is 0.279 e. The van der Waals surface area contributed by atoms with E-state index in [0.29, 0.717) is 30.2 Å². The summed E-state index contributed by atoms with van der Waals surface area (Å²) in [6.07, 6.45) is 3.23. The summed E-state index contributed by atoms with van der Waals surface area (Å²) in [6.45, 7) is 3.23. The number of aromatic nitrogens is 3. The van der Waals surface area contributed by atoms with Crippen molar-refractivity contribution < 1.29 is 8.42 Å². The van der Waals surface area contributed by atoms with Crippen LogP contribution in [0.3, 0.4) is 0 Å². The fraction of sp³-hybridized carbons (Fsp3) is 0.269. The van der Waals surface area contributed by atoms with Crippen molar-refractivity contribution in [3.63, 3.8) is 0 Å². The molecule has 11 heteroatoms. The van der Waals surface area contributed by atoms with Crippen LogP contribution in [0.4, 0.5) is 11.6 Å². The van der Waals surface area contributed by atoms with Crippen LogP contribution in [-0.4, -0.2) is 41.7 Å². The van der Waals surface area contributed by atoms with Crippen LogP contribution in [0.2, 0.25) is 0 Å². The molecule has 3 heterocycles. The first kappa shape index (κ1) is 24.5. The largest absolute Gasteiger partial charge is 0.339 e. The number of hydrogen-bond acceptors (Lipinski definition) is 7. The van der Waals surface area contributed by atoms with Crippen molar-refractivity contribution in [1.29, 1.82) is 5.26 Å². The van der Waals surface area contributed by atoms with Crippen LogP contribution >= 0.6 is 0 Å². The van der Waals surface area contributed by atoms with Crippen molar-refractivity contribution in [3.05, 3.63) is 87.8 Å². The number of nitriles is 1. The second-order valence-corrected chi connectivity index (χ2v) is 11.0. The standard InChI is InChI=1S/C26H27N7O3S/c1-18-8-10-23(11-9-18)37(35,36)30-22-13-24-25(34)32(15-20-6-3-2-5-19(20)14-27)26(29-33(24)17-22)31-12-4-7-21(28)16-31/h2-3,5-6,8-11,13,17,21,30H,4,7,12,15-16,28H2,1H3/t21-/m1/s1. The van der Waals surface area contributed by atoms with Gasteiger partial charge in [-0.05, 0) is 49.6 Å². The minimum atomic E-state index is -3.86. The third-order valence-corrected chi connectivity index (χ3v) is 7.89. The quantitative estimate of drug-likeness (QED) is 0.401. The van der Waals surface area contributed by atoms with Crippen LogP contribution in [0, 0.1) is 18.3 Å². The minimum absolute atomic E-state index is 0.0530. The average Bonchev–Trinajstić information content (AvgIpc) is 3.28. The second kappa shape index (κ2) is 9.72. The van der Waals surface area contributed by atoms with Crippen molar-refractivity contribution in [2.24, 2.45) is 5.73 Å². The van der Waals surface area contributed by atoms with Crippen molar-refractivity contribution in [2.45, 2.75) is 37.2 Å². The zero-order chi connectivity index (χ0) is 26.2. The van der Waals surface area contributed by atoms with Crippen molar-refractivity contribution in [2.75, 3.05) is 22.7 Å². The van der Waals surface area contributed by atoms with Gasteiger partial charge in [-0.1, -0.05) is 35.9 Å². The maximum absolute atomic E-state index is 13.7. The summed E-state index contributed by atoms with van der Waals surface area (Å²) < 4.78 is 31.3. The van der Waals surface area contributed by atoms with E-state index in [1.54, 1.807) is 30.3 Å². The lowest BCUT2D eigenvalue weighted by atomic mass is 10.1. The number of piperidine rings is 1. The maximum Gasteiger partial charge on any atom is 0.279 e. The van der Waals surface area contributed by atoms with E-state index in [4.69, 9.17) is 10.8 Å². The highest BCUT2D eigenvalue weighted by Gasteiger charge is 2.24. The molecule has 1 fully saturated rings. The van der Waals surface area contributed by atoms with E-state index in [1.165, 1.54) is 33.5 Å². The summed E-state index contributed by atoms with van der Waals surface area (Å²) in [7, 11) is -3.86. The molecule has 0 radical (unpaired) electrons. The molecule has 3 N–H and O–H groups in total. The molecule has 0 bridgehead atoms. The third-order valence-electron chi connectivity index (χ3n) is 6.49. The lowest BCUT2D eigenvalue weighted by Crippen LogP contribution is -2.46. The number of nitrogens with two attached hydrogens (primary N) is 1. The number of benzene rings is 2. The van der Waals surface area contributed by atoms with Gasteiger partial charge in [0.05, 0.1) is 35.0 Å². The van der Waals surface area contributed by atoms with Crippen LogP contribution in [0.5, 0.6) is 0 Å². The van der Waals surface area contributed by atoms with Crippen molar-refractivity contribution in [3.8, 4) is 6.07 Å². The van der Waals surface area contributed by atoms with Crippen molar-refractivity contribution in [1.82, 2.24) is 14.2 Å². The molecule has 0 saturated carbocycles. The van der Waals surface area contributed by atoms with E-state index in [2.05, 4.69) is 10.8 Å². The van der Waals surface area contributed by atoms with Crippen LogP contribution in [0.15, 0.2) is 70.5 Å². The number of anilines is 2. The molecule has 2 aromatic carbocycles. The van der Waals surface area contributed by atoms with E-state index in [1.807, 2.05) is 17.9 Å². The monoisotopic (exact) mass is 517 g/mol. The Labute approximate surface area is 214 Å². The van der Waals surface area contributed by atoms with Gasteiger partial charge in [-0.3, -0.25) is 14.1 Å². The van der Waals surface area contributed by atoms with E-state index < -0.39 is 10.0 Å². The van der Waals surface area contributed by atoms with Gasteiger partial charge >= 0.3 is 0 Å². The Kier molecular flexibility index (Phi) is 6.45. The Hall–Kier alpha value is -4.14. The van der Waals surface area contributed by atoms with Gasteiger partial charge in [-0.15, -0.1) is 5.10 Å². The number of rotatable bonds is 6. The first-order valence-electron chi connectivity index (χ1n) is 12.0. The number of nitrogens with one attached hydrogen (secondary N) is 1. The zero-order valence-electron chi connectivity index (χ0n) is 20.3. The van der Waals surface area contributed by atoms with Crippen molar-refractivity contribution >= 4 is 27.2 Å². The molecule has 1 saturated heterocycles. The molecule has 0 amide bonds. The third kappa shape index (κ3) is 4.94. The molecule has 1 atom stereocenters. The van der Waals surface area contributed by atoms with E-state index >= 15 is 0 Å². The van der Waals surface area contributed by atoms with Gasteiger partial charge in [-0.25, -0.2) is 12.9 Å². The van der Waals surface area contributed by atoms with Gasteiger partial charge in [0.15, 0.2) is 0 Å². The lowest BCUT2D eigenvalue weighted by Gasteiger charge is -2.32. The highest BCUT2D eigenvalue weighted by molar-refractivity contribution is 7.92. The summed E-state index contributed by atoms with van der Waals surface area (Å²) in [5.41, 5.74) is 8.40. The molecule has 2 aromatic heterocycles. The number of sulfonamides is 1.